The maximum Gasteiger partial charge on any atom is 0.322 e. The number of thiophene rings is 1. The fourth-order valence-corrected chi connectivity index (χ4v) is 5.36. The van der Waals surface area contributed by atoms with E-state index in [0.717, 1.165) is 40.6 Å². The van der Waals surface area contributed by atoms with E-state index in [1.54, 1.807) is 29.5 Å². The number of carbonyl (C=O) groups is 1. The number of hydrogen-bond acceptors (Lipinski definition) is 10. The third-order valence-corrected chi connectivity index (χ3v) is 7.15. The number of carbonyl (C=O) groups excluding carboxylic acids is 1. The fourth-order valence-electron chi connectivity index (χ4n) is 3.60. The number of nitrogens with one attached hydrogen (secondary N) is 1. The van der Waals surface area contributed by atoms with E-state index in [2.05, 4.69) is 20.4 Å². The number of aromatic nitrogens is 4. The van der Waals surface area contributed by atoms with Gasteiger partial charge in [0.1, 0.15) is 0 Å². The molecule has 6 heterocycles. The first-order valence-electron chi connectivity index (χ1n) is 10.0. The van der Waals surface area contributed by atoms with Gasteiger partial charge >= 0.3 is 6.01 Å². The summed E-state index contributed by atoms with van der Waals surface area (Å²) in [6.07, 6.45) is 3.80. The first-order chi connectivity index (χ1) is 15.7. The minimum Gasteiger partial charge on any atom is -0.459 e. The van der Waals surface area contributed by atoms with Gasteiger partial charge in [0, 0.05) is 13.1 Å². The van der Waals surface area contributed by atoms with Crippen LogP contribution in [0.5, 0.6) is 0 Å². The Kier molecular flexibility index (Phi) is 4.69. The molecule has 6 rings (SSSR count). The number of nitrogens with zero attached hydrogens (tertiary/aromatic N) is 5. The monoisotopic (exact) mass is 464 g/mol. The zero-order valence-corrected chi connectivity index (χ0v) is 18.3. The molecule has 32 heavy (non-hydrogen) atoms. The maximum atomic E-state index is 13.3. The number of hydrogen-bond donors (Lipinski definition) is 1. The van der Waals surface area contributed by atoms with Gasteiger partial charge in [0.15, 0.2) is 16.5 Å². The highest BCUT2D eigenvalue weighted by atomic mass is 32.1. The van der Waals surface area contributed by atoms with E-state index in [9.17, 15) is 4.79 Å². The maximum absolute atomic E-state index is 13.3. The van der Waals surface area contributed by atoms with Gasteiger partial charge in [-0.05, 0) is 42.5 Å². The standard InChI is InChI=1S/C21H16N6O3S2/c28-18(24-20-26-25-19(30-20)14-5-3-9-29-14)12-11-13(15-6-4-10-31-15)22-17-16(12)32-21(23-17)27-7-1-2-8-27/h3-6,9-11H,1-2,7-8H2,(H,24,26,28). The van der Waals surface area contributed by atoms with Crippen molar-refractivity contribution < 1.29 is 13.6 Å². The quantitative estimate of drug-likeness (QED) is 0.390. The molecule has 5 aromatic rings. The highest BCUT2D eigenvalue weighted by molar-refractivity contribution is 7.22. The van der Waals surface area contributed by atoms with Gasteiger partial charge < -0.3 is 13.7 Å². The van der Waals surface area contributed by atoms with Crippen LogP contribution in [-0.2, 0) is 0 Å². The minimum atomic E-state index is -0.360. The van der Waals surface area contributed by atoms with Crippen LogP contribution >= 0.6 is 22.7 Å². The second-order valence-electron chi connectivity index (χ2n) is 7.22. The van der Waals surface area contributed by atoms with E-state index in [1.165, 1.54) is 17.6 Å². The number of anilines is 2. The van der Waals surface area contributed by atoms with Crippen LogP contribution in [0.3, 0.4) is 0 Å². The molecule has 5 aromatic heterocycles. The molecule has 1 amide bonds. The zero-order valence-electron chi connectivity index (χ0n) is 16.6. The molecule has 0 aliphatic carbocycles. The molecule has 1 aliphatic rings. The number of fused-ring (bicyclic) bond motifs is 1. The lowest BCUT2D eigenvalue weighted by Gasteiger charge is -2.11. The van der Waals surface area contributed by atoms with Crippen molar-refractivity contribution in [3.63, 3.8) is 0 Å². The van der Waals surface area contributed by atoms with Crippen LogP contribution in [0.4, 0.5) is 11.1 Å². The summed E-state index contributed by atoms with van der Waals surface area (Å²) in [6, 6.07) is 9.14. The number of furan rings is 1. The summed E-state index contributed by atoms with van der Waals surface area (Å²) in [6.45, 7) is 1.94. The van der Waals surface area contributed by atoms with Crippen molar-refractivity contribution in [2.24, 2.45) is 0 Å². The Bertz CT molecular complexity index is 1380. The van der Waals surface area contributed by atoms with Gasteiger partial charge in [0.05, 0.1) is 27.1 Å². The lowest BCUT2D eigenvalue weighted by Crippen LogP contribution is -2.16. The van der Waals surface area contributed by atoms with Crippen LogP contribution in [-0.4, -0.2) is 39.2 Å². The molecule has 9 nitrogen and oxygen atoms in total. The molecule has 0 saturated carbocycles. The van der Waals surface area contributed by atoms with Gasteiger partial charge in [-0.25, -0.2) is 4.98 Å². The van der Waals surface area contributed by atoms with Gasteiger partial charge in [-0.1, -0.05) is 22.5 Å². The van der Waals surface area contributed by atoms with E-state index >= 15 is 0 Å². The van der Waals surface area contributed by atoms with E-state index in [-0.39, 0.29) is 17.8 Å². The van der Waals surface area contributed by atoms with Gasteiger partial charge in [-0.15, -0.1) is 16.4 Å². The Hall–Kier alpha value is -3.57. The van der Waals surface area contributed by atoms with Crippen LogP contribution < -0.4 is 10.2 Å². The highest BCUT2D eigenvalue weighted by Gasteiger charge is 2.23. The lowest BCUT2D eigenvalue weighted by atomic mass is 10.2. The van der Waals surface area contributed by atoms with Crippen molar-refractivity contribution in [2.45, 2.75) is 12.8 Å². The highest BCUT2D eigenvalue weighted by Crippen LogP contribution is 2.35. The zero-order chi connectivity index (χ0) is 21.5. The van der Waals surface area contributed by atoms with Crippen molar-refractivity contribution in [1.29, 1.82) is 0 Å². The average molecular weight is 465 g/mol. The smallest absolute Gasteiger partial charge is 0.322 e. The Morgan fingerprint density at radius 3 is 2.81 bits per heavy atom. The second kappa shape index (κ2) is 7.84. The van der Waals surface area contributed by atoms with Crippen molar-refractivity contribution in [3.05, 3.63) is 47.5 Å². The van der Waals surface area contributed by atoms with E-state index in [4.69, 9.17) is 18.8 Å². The minimum absolute atomic E-state index is 0.00619. The predicted octanol–water partition coefficient (Wildman–Crippen LogP) is 4.92. The third kappa shape index (κ3) is 3.45. The second-order valence-corrected chi connectivity index (χ2v) is 9.14. The molecule has 0 radical (unpaired) electrons. The molecule has 1 fully saturated rings. The Morgan fingerprint density at radius 1 is 1.12 bits per heavy atom. The van der Waals surface area contributed by atoms with Crippen LogP contribution in [0.1, 0.15) is 23.2 Å². The van der Waals surface area contributed by atoms with Crippen molar-refractivity contribution in [3.8, 4) is 22.2 Å². The first kappa shape index (κ1) is 19.1. The van der Waals surface area contributed by atoms with Crippen molar-refractivity contribution >= 4 is 50.1 Å². The predicted molar refractivity (Wildman–Crippen MR) is 122 cm³/mol. The van der Waals surface area contributed by atoms with Crippen LogP contribution in [0, 0.1) is 0 Å². The van der Waals surface area contributed by atoms with E-state index < -0.39 is 0 Å². The van der Waals surface area contributed by atoms with Crippen molar-refractivity contribution in [1.82, 2.24) is 20.2 Å². The normalized spacial score (nSPS) is 13.8. The molecule has 0 atom stereocenters. The molecular formula is C21H16N6O3S2. The molecular weight excluding hydrogens is 448 g/mol. The third-order valence-electron chi connectivity index (χ3n) is 5.12. The van der Waals surface area contributed by atoms with E-state index in [0.29, 0.717) is 22.7 Å². The van der Waals surface area contributed by atoms with Crippen LogP contribution in [0.2, 0.25) is 0 Å². The van der Waals surface area contributed by atoms with Gasteiger partial charge in [-0.3, -0.25) is 10.1 Å². The van der Waals surface area contributed by atoms with Crippen LogP contribution in [0.15, 0.2) is 50.8 Å². The summed E-state index contributed by atoms with van der Waals surface area (Å²) in [5, 5.41) is 13.4. The molecule has 1 saturated heterocycles. The topological polar surface area (TPSA) is 110 Å². The summed E-state index contributed by atoms with van der Waals surface area (Å²) >= 11 is 3.05. The molecule has 0 spiro atoms. The molecule has 1 aliphatic heterocycles. The summed E-state index contributed by atoms with van der Waals surface area (Å²) in [4.78, 5) is 25.9. The number of pyridine rings is 1. The molecule has 1 N–H and O–H groups in total. The van der Waals surface area contributed by atoms with Gasteiger partial charge in [-0.2, -0.15) is 4.98 Å². The summed E-state index contributed by atoms with van der Waals surface area (Å²) in [5.41, 5.74) is 1.74. The summed E-state index contributed by atoms with van der Waals surface area (Å²) in [5.74, 6) is 0.266. The van der Waals surface area contributed by atoms with E-state index in [1.807, 2.05) is 17.5 Å². The fraction of sp³-hybridized carbons (Fsp3) is 0.190. The molecule has 0 bridgehead atoms. The average Bonchev–Trinajstić information content (AvgIpc) is 3.62. The largest absolute Gasteiger partial charge is 0.459 e. The Labute approximate surface area is 189 Å². The molecule has 0 unspecified atom stereocenters. The van der Waals surface area contributed by atoms with Gasteiger partial charge in [0.25, 0.3) is 11.8 Å². The number of thiazole rings is 1. The van der Waals surface area contributed by atoms with Crippen molar-refractivity contribution in [2.75, 3.05) is 23.3 Å². The Balaban J connectivity index is 1.38. The first-order valence-corrected chi connectivity index (χ1v) is 11.7. The lowest BCUT2D eigenvalue weighted by molar-refractivity contribution is 0.102. The molecule has 160 valence electrons. The SMILES string of the molecule is O=C(Nc1nnc(-c2ccco2)o1)c1cc(-c2cccs2)nc2nc(N3CCCC3)sc12. The van der Waals surface area contributed by atoms with Gasteiger partial charge in [0.2, 0.25) is 0 Å². The van der Waals surface area contributed by atoms with Crippen LogP contribution in [0.25, 0.3) is 32.6 Å². The summed E-state index contributed by atoms with van der Waals surface area (Å²) < 4.78 is 11.5. The molecule has 11 heteroatoms. The molecule has 0 aromatic carbocycles. The number of amides is 1. The summed E-state index contributed by atoms with van der Waals surface area (Å²) in [7, 11) is 0. The number of rotatable bonds is 5. The Morgan fingerprint density at radius 2 is 2.03 bits per heavy atom.